The van der Waals surface area contributed by atoms with Gasteiger partial charge in [0.25, 0.3) is 0 Å². The Morgan fingerprint density at radius 2 is 2.33 bits per heavy atom. The second kappa shape index (κ2) is 4.96. The van der Waals surface area contributed by atoms with E-state index in [0.717, 1.165) is 5.82 Å². The highest BCUT2D eigenvalue weighted by molar-refractivity contribution is 4.95. The molecule has 1 aromatic rings. The molecule has 0 unspecified atom stereocenters. The molecule has 1 heterocycles. The van der Waals surface area contributed by atoms with Crippen molar-refractivity contribution in [3.63, 3.8) is 0 Å². The van der Waals surface area contributed by atoms with E-state index in [0.29, 0.717) is 5.92 Å². The topological polar surface area (TPSA) is 28.7 Å². The standard InChI is InChI=1S/C10H18N2/c1-3-5-6-9(4-2)10-11-7-8-12-10/h7-9H,3-6H2,1-2H3,(H,11,12)/t9-/m1/s1. The lowest BCUT2D eigenvalue weighted by Gasteiger charge is -2.10. The van der Waals surface area contributed by atoms with Crippen LogP contribution in [0, 0.1) is 0 Å². The van der Waals surface area contributed by atoms with Gasteiger partial charge < -0.3 is 4.98 Å². The SMILES string of the molecule is CCCC[C@@H](CC)c1ncc[nH]1. The smallest absolute Gasteiger partial charge is 0.109 e. The van der Waals surface area contributed by atoms with Crippen LogP contribution in [0.25, 0.3) is 0 Å². The van der Waals surface area contributed by atoms with Crippen LogP contribution < -0.4 is 0 Å². The van der Waals surface area contributed by atoms with E-state index in [2.05, 4.69) is 23.8 Å². The Balaban J connectivity index is 2.45. The third kappa shape index (κ3) is 2.36. The molecule has 1 rings (SSSR count). The van der Waals surface area contributed by atoms with E-state index < -0.39 is 0 Å². The van der Waals surface area contributed by atoms with Crippen LogP contribution in [-0.4, -0.2) is 9.97 Å². The van der Waals surface area contributed by atoms with E-state index in [1.165, 1.54) is 25.7 Å². The van der Waals surface area contributed by atoms with Gasteiger partial charge in [0.15, 0.2) is 0 Å². The Labute approximate surface area is 74.4 Å². The Morgan fingerprint density at radius 1 is 1.50 bits per heavy atom. The van der Waals surface area contributed by atoms with Crippen LogP contribution in [0.4, 0.5) is 0 Å². The highest BCUT2D eigenvalue weighted by atomic mass is 14.9. The Hall–Kier alpha value is -0.790. The predicted octanol–water partition coefficient (Wildman–Crippen LogP) is 3.09. The molecule has 0 saturated carbocycles. The monoisotopic (exact) mass is 166 g/mol. The number of nitrogens with one attached hydrogen (secondary N) is 1. The zero-order chi connectivity index (χ0) is 8.81. The summed E-state index contributed by atoms with van der Waals surface area (Å²) in [6, 6.07) is 0. The second-order valence-electron chi connectivity index (χ2n) is 3.22. The first kappa shape index (κ1) is 9.30. The van der Waals surface area contributed by atoms with Crippen molar-refractivity contribution in [1.82, 2.24) is 9.97 Å². The minimum absolute atomic E-state index is 0.639. The zero-order valence-electron chi connectivity index (χ0n) is 8.01. The largest absolute Gasteiger partial charge is 0.348 e. The number of hydrogen-bond acceptors (Lipinski definition) is 1. The molecule has 0 spiro atoms. The lowest BCUT2D eigenvalue weighted by Crippen LogP contribution is -1.99. The van der Waals surface area contributed by atoms with Gasteiger partial charge in [-0.15, -0.1) is 0 Å². The number of H-pyrrole nitrogens is 1. The summed E-state index contributed by atoms with van der Waals surface area (Å²) in [5, 5.41) is 0. The molecule has 0 radical (unpaired) electrons. The number of nitrogens with zero attached hydrogens (tertiary/aromatic N) is 1. The first-order valence-electron chi connectivity index (χ1n) is 4.87. The Morgan fingerprint density at radius 3 is 2.83 bits per heavy atom. The summed E-state index contributed by atoms with van der Waals surface area (Å²) in [5.74, 6) is 1.80. The number of aromatic amines is 1. The summed E-state index contributed by atoms with van der Waals surface area (Å²) >= 11 is 0. The highest BCUT2D eigenvalue weighted by Crippen LogP contribution is 2.21. The molecule has 0 bridgehead atoms. The molecule has 1 atom stereocenters. The number of hydrogen-bond donors (Lipinski definition) is 1. The van der Waals surface area contributed by atoms with Crippen LogP contribution >= 0.6 is 0 Å². The summed E-state index contributed by atoms with van der Waals surface area (Å²) in [7, 11) is 0. The van der Waals surface area contributed by atoms with E-state index in [1.54, 1.807) is 0 Å². The minimum Gasteiger partial charge on any atom is -0.348 e. The normalized spacial score (nSPS) is 13.2. The molecule has 0 aliphatic rings. The Bertz CT molecular complexity index is 192. The van der Waals surface area contributed by atoms with E-state index in [4.69, 9.17) is 0 Å². The first-order valence-corrected chi connectivity index (χ1v) is 4.87. The van der Waals surface area contributed by atoms with Crippen LogP contribution in [0.1, 0.15) is 51.3 Å². The fraction of sp³-hybridized carbons (Fsp3) is 0.700. The number of aromatic nitrogens is 2. The number of rotatable bonds is 5. The lowest BCUT2D eigenvalue weighted by molar-refractivity contribution is 0.547. The van der Waals surface area contributed by atoms with Crippen LogP contribution in [0.5, 0.6) is 0 Å². The fourth-order valence-corrected chi connectivity index (χ4v) is 1.49. The summed E-state index contributed by atoms with van der Waals surface area (Å²) in [6.07, 6.45) is 8.78. The fourth-order valence-electron chi connectivity index (χ4n) is 1.49. The highest BCUT2D eigenvalue weighted by Gasteiger charge is 2.09. The lowest BCUT2D eigenvalue weighted by atomic mass is 9.99. The van der Waals surface area contributed by atoms with Gasteiger partial charge in [-0.2, -0.15) is 0 Å². The third-order valence-corrected chi connectivity index (χ3v) is 2.31. The van der Waals surface area contributed by atoms with E-state index in [-0.39, 0.29) is 0 Å². The van der Waals surface area contributed by atoms with E-state index in [9.17, 15) is 0 Å². The predicted molar refractivity (Wildman–Crippen MR) is 51.1 cm³/mol. The summed E-state index contributed by atoms with van der Waals surface area (Å²) < 4.78 is 0. The first-order chi connectivity index (χ1) is 5.88. The summed E-state index contributed by atoms with van der Waals surface area (Å²) in [4.78, 5) is 7.47. The van der Waals surface area contributed by atoms with Crippen molar-refractivity contribution in [3.8, 4) is 0 Å². The van der Waals surface area contributed by atoms with Crippen molar-refractivity contribution in [2.75, 3.05) is 0 Å². The van der Waals surface area contributed by atoms with Crippen molar-refractivity contribution in [1.29, 1.82) is 0 Å². The van der Waals surface area contributed by atoms with Gasteiger partial charge in [0.2, 0.25) is 0 Å². The molecule has 0 aromatic carbocycles. The van der Waals surface area contributed by atoms with Crippen molar-refractivity contribution < 1.29 is 0 Å². The van der Waals surface area contributed by atoms with Crippen LogP contribution in [0.2, 0.25) is 0 Å². The molecule has 2 nitrogen and oxygen atoms in total. The summed E-state index contributed by atoms with van der Waals surface area (Å²) in [6.45, 7) is 4.46. The molecule has 0 amide bonds. The minimum atomic E-state index is 0.639. The van der Waals surface area contributed by atoms with Gasteiger partial charge in [-0.3, -0.25) is 0 Å². The molecular weight excluding hydrogens is 148 g/mol. The van der Waals surface area contributed by atoms with Crippen molar-refractivity contribution in [2.24, 2.45) is 0 Å². The van der Waals surface area contributed by atoms with Crippen molar-refractivity contribution >= 4 is 0 Å². The van der Waals surface area contributed by atoms with Gasteiger partial charge in [0.1, 0.15) is 5.82 Å². The Kier molecular flexibility index (Phi) is 3.85. The van der Waals surface area contributed by atoms with Gasteiger partial charge >= 0.3 is 0 Å². The van der Waals surface area contributed by atoms with Gasteiger partial charge in [0, 0.05) is 18.3 Å². The van der Waals surface area contributed by atoms with Crippen LogP contribution in [-0.2, 0) is 0 Å². The third-order valence-electron chi connectivity index (χ3n) is 2.31. The summed E-state index contributed by atoms with van der Waals surface area (Å²) in [5.41, 5.74) is 0. The van der Waals surface area contributed by atoms with E-state index in [1.807, 2.05) is 12.4 Å². The van der Waals surface area contributed by atoms with Gasteiger partial charge in [-0.05, 0) is 12.8 Å². The molecule has 0 fully saturated rings. The molecular formula is C10H18N2. The van der Waals surface area contributed by atoms with Gasteiger partial charge in [-0.25, -0.2) is 4.98 Å². The maximum absolute atomic E-state index is 4.28. The quantitative estimate of drug-likeness (QED) is 0.715. The molecule has 1 aromatic heterocycles. The van der Waals surface area contributed by atoms with Crippen LogP contribution in [0.3, 0.4) is 0 Å². The molecule has 0 saturated heterocycles. The zero-order valence-corrected chi connectivity index (χ0v) is 8.01. The van der Waals surface area contributed by atoms with Gasteiger partial charge in [-0.1, -0.05) is 26.7 Å². The maximum Gasteiger partial charge on any atom is 0.109 e. The van der Waals surface area contributed by atoms with Gasteiger partial charge in [0.05, 0.1) is 0 Å². The molecule has 2 heteroatoms. The molecule has 68 valence electrons. The maximum atomic E-state index is 4.28. The second-order valence-corrected chi connectivity index (χ2v) is 3.22. The number of imidazole rings is 1. The average molecular weight is 166 g/mol. The van der Waals surface area contributed by atoms with Crippen LogP contribution in [0.15, 0.2) is 12.4 Å². The number of unbranched alkanes of at least 4 members (excludes halogenated alkanes) is 1. The van der Waals surface area contributed by atoms with E-state index >= 15 is 0 Å². The average Bonchev–Trinajstić information content (AvgIpc) is 2.59. The van der Waals surface area contributed by atoms with Crippen molar-refractivity contribution in [3.05, 3.63) is 18.2 Å². The molecule has 0 aliphatic carbocycles. The molecule has 0 aliphatic heterocycles. The van der Waals surface area contributed by atoms with Crippen molar-refractivity contribution in [2.45, 2.75) is 45.4 Å². The molecule has 12 heavy (non-hydrogen) atoms. The molecule has 1 N–H and O–H groups in total.